The van der Waals surface area contributed by atoms with Crippen molar-refractivity contribution in [2.45, 2.75) is 38.5 Å². The van der Waals surface area contributed by atoms with Gasteiger partial charge in [0.2, 0.25) is 5.91 Å². The Morgan fingerprint density at radius 2 is 1.92 bits per heavy atom. The van der Waals surface area contributed by atoms with E-state index in [4.69, 9.17) is 17.3 Å². The minimum Gasteiger partial charge on any atom is -0.355 e. The van der Waals surface area contributed by atoms with E-state index in [2.05, 4.69) is 10.6 Å². The van der Waals surface area contributed by atoms with Crippen LogP contribution in [0.15, 0.2) is 18.2 Å². The number of nitrogens with one attached hydrogen (secondary N) is 2. The van der Waals surface area contributed by atoms with Gasteiger partial charge in [-0.25, -0.2) is 0 Å². The van der Waals surface area contributed by atoms with Crippen molar-refractivity contribution in [3.8, 4) is 0 Å². The minimum absolute atomic E-state index is 0. The van der Waals surface area contributed by atoms with Crippen molar-refractivity contribution in [3.05, 3.63) is 28.8 Å². The van der Waals surface area contributed by atoms with E-state index in [0.29, 0.717) is 29.2 Å². The van der Waals surface area contributed by atoms with Crippen LogP contribution in [0.1, 0.15) is 48.9 Å². The van der Waals surface area contributed by atoms with Crippen LogP contribution < -0.4 is 16.4 Å². The second-order valence-corrected chi connectivity index (χ2v) is 6.70. The minimum atomic E-state index is -0.283. The lowest BCUT2D eigenvalue weighted by molar-refractivity contribution is -0.118. The summed E-state index contributed by atoms with van der Waals surface area (Å²) in [5, 5.41) is 5.85. The summed E-state index contributed by atoms with van der Waals surface area (Å²) in [6.07, 6.45) is 5.81. The summed E-state index contributed by atoms with van der Waals surface area (Å²) in [5.41, 5.74) is 6.66. The smallest absolute Gasteiger partial charge is 0.253 e. The highest BCUT2D eigenvalue weighted by Crippen LogP contribution is 2.38. The molecule has 1 aliphatic rings. The largest absolute Gasteiger partial charge is 0.355 e. The molecule has 24 heavy (non-hydrogen) atoms. The molecule has 2 amide bonds. The van der Waals surface area contributed by atoms with Crippen molar-refractivity contribution in [2.75, 3.05) is 18.9 Å². The van der Waals surface area contributed by atoms with Gasteiger partial charge >= 0.3 is 0 Å². The molecule has 0 atom stereocenters. The fourth-order valence-corrected chi connectivity index (χ4v) is 3.41. The van der Waals surface area contributed by atoms with Crippen LogP contribution in [0.2, 0.25) is 5.02 Å². The SMILES string of the molecule is CNC(=O)c1cc(Cl)ccc1NC(=O)CC1(CN)CCCCC1.Cl. The number of hydrogen-bond donors (Lipinski definition) is 3. The van der Waals surface area contributed by atoms with Crippen LogP contribution in [0.3, 0.4) is 0 Å². The highest BCUT2D eigenvalue weighted by atomic mass is 35.5. The van der Waals surface area contributed by atoms with Gasteiger partial charge in [0.05, 0.1) is 11.3 Å². The predicted molar refractivity (Wildman–Crippen MR) is 99.9 cm³/mol. The van der Waals surface area contributed by atoms with Crippen LogP contribution in [0, 0.1) is 5.41 Å². The van der Waals surface area contributed by atoms with E-state index in [9.17, 15) is 9.59 Å². The molecule has 0 heterocycles. The molecule has 0 saturated heterocycles. The van der Waals surface area contributed by atoms with Crippen molar-refractivity contribution in [1.82, 2.24) is 5.32 Å². The Balaban J connectivity index is 0.00000288. The number of carbonyl (C=O) groups is 2. The molecule has 7 heteroatoms. The Hall–Kier alpha value is -1.30. The Kier molecular flexibility index (Phi) is 8.00. The average molecular weight is 374 g/mol. The Bertz CT molecular complexity index is 587. The fourth-order valence-electron chi connectivity index (χ4n) is 3.24. The maximum Gasteiger partial charge on any atom is 0.253 e. The van der Waals surface area contributed by atoms with Crippen molar-refractivity contribution in [3.63, 3.8) is 0 Å². The number of halogens is 2. The second kappa shape index (κ2) is 9.25. The summed E-state index contributed by atoms with van der Waals surface area (Å²) < 4.78 is 0. The lowest BCUT2D eigenvalue weighted by Crippen LogP contribution is -2.36. The molecule has 0 radical (unpaired) electrons. The standard InChI is InChI=1S/C17H24ClN3O2.ClH/c1-20-16(23)13-9-12(18)5-6-14(13)21-15(22)10-17(11-19)7-3-2-4-8-17;/h5-6,9H,2-4,7-8,10-11,19H2,1H3,(H,20,23)(H,21,22);1H. The maximum atomic E-state index is 12.5. The Labute approximate surface area is 154 Å². The van der Waals surface area contributed by atoms with E-state index in [1.54, 1.807) is 25.2 Å². The molecular weight excluding hydrogens is 349 g/mol. The van der Waals surface area contributed by atoms with Gasteiger partial charge in [0.15, 0.2) is 0 Å². The number of hydrogen-bond acceptors (Lipinski definition) is 3. The zero-order chi connectivity index (χ0) is 16.9. The van der Waals surface area contributed by atoms with E-state index < -0.39 is 0 Å². The molecule has 1 aromatic rings. The molecule has 0 aliphatic heterocycles. The maximum absolute atomic E-state index is 12.5. The Morgan fingerprint density at radius 1 is 1.25 bits per heavy atom. The molecule has 1 aromatic carbocycles. The number of rotatable bonds is 5. The van der Waals surface area contributed by atoms with Crippen LogP contribution in [0.25, 0.3) is 0 Å². The second-order valence-electron chi connectivity index (χ2n) is 6.26. The van der Waals surface area contributed by atoms with Crippen molar-refractivity contribution < 1.29 is 9.59 Å². The highest BCUT2D eigenvalue weighted by Gasteiger charge is 2.33. The third-order valence-electron chi connectivity index (χ3n) is 4.61. The first-order chi connectivity index (χ1) is 11.0. The predicted octanol–water partition coefficient (Wildman–Crippen LogP) is 3.36. The zero-order valence-electron chi connectivity index (χ0n) is 13.9. The molecule has 1 aliphatic carbocycles. The summed E-state index contributed by atoms with van der Waals surface area (Å²) in [4.78, 5) is 24.4. The lowest BCUT2D eigenvalue weighted by atomic mass is 9.71. The van der Waals surface area contributed by atoms with Gasteiger partial charge < -0.3 is 16.4 Å². The topological polar surface area (TPSA) is 84.2 Å². The lowest BCUT2D eigenvalue weighted by Gasteiger charge is -2.35. The average Bonchev–Trinajstić information content (AvgIpc) is 2.56. The van der Waals surface area contributed by atoms with Crippen LogP contribution in [0.5, 0.6) is 0 Å². The van der Waals surface area contributed by atoms with Crippen LogP contribution in [0.4, 0.5) is 5.69 Å². The van der Waals surface area contributed by atoms with Crippen molar-refractivity contribution in [1.29, 1.82) is 0 Å². The van der Waals surface area contributed by atoms with Gasteiger partial charge in [-0.1, -0.05) is 30.9 Å². The normalized spacial score (nSPS) is 16.0. The highest BCUT2D eigenvalue weighted by molar-refractivity contribution is 6.31. The summed E-state index contributed by atoms with van der Waals surface area (Å²) in [5.74, 6) is -0.390. The molecule has 0 aromatic heterocycles. The molecule has 1 fully saturated rings. The van der Waals surface area contributed by atoms with Crippen LogP contribution in [-0.2, 0) is 4.79 Å². The molecule has 0 unspecified atom stereocenters. The van der Waals surface area contributed by atoms with Gasteiger partial charge in [-0.2, -0.15) is 0 Å². The third-order valence-corrected chi connectivity index (χ3v) is 4.85. The van der Waals surface area contributed by atoms with Crippen LogP contribution >= 0.6 is 24.0 Å². The molecule has 5 nitrogen and oxygen atoms in total. The van der Waals surface area contributed by atoms with Gasteiger partial charge in [-0.15, -0.1) is 12.4 Å². The monoisotopic (exact) mass is 373 g/mol. The molecule has 0 spiro atoms. The van der Waals surface area contributed by atoms with Crippen LogP contribution in [-0.4, -0.2) is 25.4 Å². The number of nitrogens with two attached hydrogens (primary N) is 1. The summed E-state index contributed by atoms with van der Waals surface area (Å²) in [7, 11) is 1.54. The first kappa shape index (κ1) is 20.7. The summed E-state index contributed by atoms with van der Waals surface area (Å²) in [6.45, 7) is 0.517. The fraction of sp³-hybridized carbons (Fsp3) is 0.529. The van der Waals surface area contributed by atoms with E-state index in [0.717, 1.165) is 25.7 Å². The number of anilines is 1. The molecule has 2 rings (SSSR count). The summed E-state index contributed by atoms with van der Waals surface area (Å²) in [6, 6.07) is 4.86. The zero-order valence-corrected chi connectivity index (χ0v) is 15.4. The molecule has 4 N–H and O–H groups in total. The number of benzene rings is 1. The molecule has 0 bridgehead atoms. The van der Waals surface area contributed by atoms with Crippen molar-refractivity contribution in [2.24, 2.45) is 11.1 Å². The quantitative estimate of drug-likeness (QED) is 0.739. The molecular formula is C17H25Cl2N3O2. The van der Waals surface area contributed by atoms with E-state index in [1.165, 1.54) is 6.42 Å². The number of amides is 2. The summed E-state index contributed by atoms with van der Waals surface area (Å²) >= 11 is 5.95. The van der Waals surface area contributed by atoms with Gasteiger partial charge in [-0.05, 0) is 43.0 Å². The van der Waals surface area contributed by atoms with Gasteiger partial charge in [0.25, 0.3) is 5.91 Å². The van der Waals surface area contributed by atoms with Gasteiger partial charge in [0.1, 0.15) is 0 Å². The first-order valence-corrected chi connectivity index (χ1v) is 8.39. The van der Waals surface area contributed by atoms with E-state index >= 15 is 0 Å². The van der Waals surface area contributed by atoms with Crippen molar-refractivity contribution >= 4 is 41.5 Å². The first-order valence-electron chi connectivity index (χ1n) is 8.01. The molecule has 1 saturated carbocycles. The Morgan fingerprint density at radius 3 is 2.50 bits per heavy atom. The molecule has 134 valence electrons. The number of carbonyl (C=O) groups excluding carboxylic acids is 2. The third kappa shape index (κ3) is 5.10. The van der Waals surface area contributed by atoms with E-state index in [-0.39, 0.29) is 29.6 Å². The van der Waals surface area contributed by atoms with Gasteiger partial charge in [0, 0.05) is 18.5 Å². The van der Waals surface area contributed by atoms with E-state index in [1.807, 2.05) is 0 Å². The van der Waals surface area contributed by atoms with Gasteiger partial charge in [-0.3, -0.25) is 9.59 Å².